The number of nitrogens with one attached hydrogen (secondary N) is 1. The summed E-state index contributed by atoms with van der Waals surface area (Å²) in [6.45, 7) is -3.01. The number of nitrogens with zero attached hydrogens (tertiary/aromatic N) is 1. The Bertz CT molecular complexity index is 750. The van der Waals surface area contributed by atoms with E-state index in [1.165, 1.54) is 0 Å². The summed E-state index contributed by atoms with van der Waals surface area (Å²) in [7, 11) is 0. The molecule has 29 heavy (non-hydrogen) atoms. The summed E-state index contributed by atoms with van der Waals surface area (Å²) < 4.78 is 1.19. The van der Waals surface area contributed by atoms with Gasteiger partial charge in [0, 0.05) is 19.2 Å². The van der Waals surface area contributed by atoms with Crippen LogP contribution in [-0.4, -0.2) is 87.6 Å². The number of anilines is 1. The van der Waals surface area contributed by atoms with Gasteiger partial charge in [0.2, 0.25) is 0 Å². The van der Waals surface area contributed by atoms with Crippen LogP contribution in [0.25, 0.3) is 0 Å². The third kappa shape index (κ3) is 6.79. The molecule has 0 aromatic heterocycles. The Kier molecular flexibility index (Phi) is 12.0. The zero-order valence-electron chi connectivity index (χ0n) is 15.0. The number of benzene rings is 1. The van der Waals surface area contributed by atoms with Crippen molar-refractivity contribution in [2.24, 2.45) is 0 Å². The van der Waals surface area contributed by atoms with Crippen LogP contribution in [0.4, 0.5) is 5.69 Å². The van der Waals surface area contributed by atoms with Crippen LogP contribution in [0.3, 0.4) is 0 Å². The van der Waals surface area contributed by atoms with Crippen molar-refractivity contribution in [2.45, 2.75) is 18.8 Å². The molecular weight excluding hydrogens is 729 g/mol. The van der Waals surface area contributed by atoms with Crippen molar-refractivity contribution in [3.8, 4) is 0 Å². The third-order valence-electron chi connectivity index (χ3n) is 3.79. The van der Waals surface area contributed by atoms with Crippen LogP contribution in [0, 0.1) is 10.7 Å². The van der Waals surface area contributed by atoms with Gasteiger partial charge < -0.3 is 40.9 Å². The maximum atomic E-state index is 12.7. The Labute approximate surface area is 207 Å². The van der Waals surface area contributed by atoms with E-state index in [0.29, 0.717) is 16.3 Å². The molecule has 2 atom stereocenters. The van der Waals surface area contributed by atoms with Crippen LogP contribution < -0.4 is 10.2 Å². The first kappa shape index (κ1) is 27.1. The maximum absolute atomic E-state index is 12.7. The molecule has 0 aliphatic heterocycles. The van der Waals surface area contributed by atoms with E-state index in [1.54, 1.807) is 0 Å². The van der Waals surface area contributed by atoms with Gasteiger partial charge in [-0.1, -0.05) is 0 Å². The Morgan fingerprint density at radius 1 is 0.931 bits per heavy atom. The molecule has 0 saturated heterocycles. The fourth-order valence-corrected chi connectivity index (χ4v) is 6.89. The monoisotopic (exact) mass is 750 g/mol. The number of aliphatic hydroxyl groups excluding tert-OH is 6. The first-order valence-corrected chi connectivity index (χ1v) is 11.4. The minimum absolute atomic E-state index is 0.130. The summed E-state index contributed by atoms with van der Waals surface area (Å²) in [5.74, 6) is -1.36. The smallest absolute Gasteiger partial charge is 0.253 e. The van der Waals surface area contributed by atoms with Gasteiger partial charge in [0.05, 0.1) is 53.4 Å². The van der Waals surface area contributed by atoms with Gasteiger partial charge in [-0.25, -0.2) is 0 Å². The van der Waals surface area contributed by atoms with Crippen molar-refractivity contribution in [3.05, 3.63) is 21.8 Å². The SMILES string of the molecule is O=C(NCC(O)CO)c1c(I)c(CO)c(I)c(N(CC(O)CO)C(=O)CO)c1I. The van der Waals surface area contributed by atoms with Crippen LogP contribution in [-0.2, 0) is 11.4 Å². The molecule has 2 unspecified atom stereocenters. The minimum Gasteiger partial charge on any atom is -0.394 e. The molecular formula is C16H21I3N2O8. The van der Waals surface area contributed by atoms with Crippen LogP contribution in [0.2, 0.25) is 0 Å². The Morgan fingerprint density at radius 3 is 2.00 bits per heavy atom. The fraction of sp³-hybridized carbons (Fsp3) is 0.500. The molecule has 0 fully saturated rings. The molecule has 0 aliphatic rings. The molecule has 13 heteroatoms. The summed E-state index contributed by atoms with van der Waals surface area (Å²) in [6, 6.07) is 0. The maximum Gasteiger partial charge on any atom is 0.253 e. The van der Waals surface area contributed by atoms with E-state index in [-0.39, 0.29) is 24.3 Å². The highest BCUT2D eigenvalue weighted by atomic mass is 127. The van der Waals surface area contributed by atoms with Gasteiger partial charge in [-0.3, -0.25) is 9.59 Å². The van der Waals surface area contributed by atoms with E-state index in [2.05, 4.69) is 5.32 Å². The van der Waals surface area contributed by atoms with Crippen LogP contribution in [0.1, 0.15) is 15.9 Å². The molecule has 10 nitrogen and oxygen atoms in total. The summed E-state index contributed by atoms with van der Waals surface area (Å²) in [6.07, 6.45) is -2.44. The summed E-state index contributed by atoms with van der Waals surface area (Å²) in [5, 5.41) is 59.0. The van der Waals surface area contributed by atoms with Crippen LogP contribution in [0.5, 0.6) is 0 Å². The van der Waals surface area contributed by atoms with E-state index in [9.17, 15) is 30.0 Å². The number of carbonyl (C=O) groups excluding carboxylic acids is 2. The Hall–Kier alpha value is 0.110. The van der Waals surface area contributed by atoms with Gasteiger partial charge in [0.1, 0.15) is 6.61 Å². The predicted octanol–water partition coefficient (Wildman–Crippen LogP) is -1.25. The average molecular weight is 750 g/mol. The van der Waals surface area contributed by atoms with Crippen LogP contribution in [0.15, 0.2) is 0 Å². The Morgan fingerprint density at radius 2 is 1.52 bits per heavy atom. The average Bonchev–Trinajstić information content (AvgIpc) is 2.70. The van der Waals surface area contributed by atoms with Crippen molar-refractivity contribution < 1.29 is 40.2 Å². The minimum atomic E-state index is -1.29. The molecule has 1 aromatic rings. The van der Waals surface area contributed by atoms with Crippen molar-refractivity contribution in [1.29, 1.82) is 0 Å². The van der Waals surface area contributed by atoms with Gasteiger partial charge in [-0.05, 0) is 67.8 Å². The van der Waals surface area contributed by atoms with Gasteiger partial charge in [0.25, 0.3) is 11.8 Å². The van der Waals surface area contributed by atoms with Gasteiger partial charge in [0.15, 0.2) is 0 Å². The highest BCUT2D eigenvalue weighted by Crippen LogP contribution is 2.38. The number of aliphatic hydroxyl groups is 6. The molecule has 0 bridgehead atoms. The Balaban J connectivity index is 3.61. The number of amides is 2. The summed E-state index contributed by atoms with van der Waals surface area (Å²) in [5.41, 5.74) is 0.698. The zero-order chi connectivity index (χ0) is 22.3. The van der Waals surface area contributed by atoms with Crippen molar-refractivity contribution >= 4 is 85.3 Å². The van der Waals surface area contributed by atoms with Crippen LogP contribution >= 0.6 is 67.8 Å². The molecule has 7 N–H and O–H groups in total. The largest absolute Gasteiger partial charge is 0.394 e. The first-order chi connectivity index (χ1) is 13.6. The normalized spacial score (nSPS) is 13.1. The van der Waals surface area contributed by atoms with Gasteiger partial charge in [-0.2, -0.15) is 0 Å². The van der Waals surface area contributed by atoms with E-state index in [1.807, 2.05) is 67.8 Å². The number of rotatable bonds is 10. The fourth-order valence-electron chi connectivity index (χ4n) is 2.31. The standard InChI is InChI=1S/C16H21I3N2O8/c17-12-9(5-24)13(18)15(21(10(28)6-25)2-8(27)4-23)14(19)11(12)16(29)20-1-7(26)3-22/h7-8,22-27H,1-6H2,(H,20,29). The highest BCUT2D eigenvalue weighted by molar-refractivity contribution is 14.1. The molecule has 1 aromatic carbocycles. The van der Waals surface area contributed by atoms with E-state index >= 15 is 0 Å². The molecule has 0 aliphatic carbocycles. The van der Waals surface area contributed by atoms with Crippen molar-refractivity contribution in [2.75, 3.05) is 37.8 Å². The van der Waals surface area contributed by atoms with Gasteiger partial charge >= 0.3 is 0 Å². The highest BCUT2D eigenvalue weighted by Gasteiger charge is 2.30. The van der Waals surface area contributed by atoms with E-state index in [4.69, 9.17) is 10.2 Å². The second-order valence-corrected chi connectivity index (χ2v) is 9.08. The number of hydrogen-bond acceptors (Lipinski definition) is 8. The second kappa shape index (κ2) is 12.8. The number of hydrogen-bond donors (Lipinski definition) is 7. The molecule has 164 valence electrons. The number of carbonyl (C=O) groups is 2. The molecule has 2 amide bonds. The van der Waals surface area contributed by atoms with Crippen molar-refractivity contribution in [3.63, 3.8) is 0 Å². The molecule has 0 spiro atoms. The molecule has 0 heterocycles. The summed E-state index contributed by atoms with van der Waals surface area (Å²) >= 11 is 5.64. The van der Waals surface area contributed by atoms with Gasteiger partial charge in [-0.15, -0.1) is 0 Å². The molecule has 1 rings (SSSR count). The lowest BCUT2D eigenvalue weighted by molar-refractivity contribution is -0.121. The zero-order valence-corrected chi connectivity index (χ0v) is 21.5. The number of halogens is 3. The molecule has 0 radical (unpaired) electrons. The topological polar surface area (TPSA) is 171 Å². The van der Waals surface area contributed by atoms with Crippen molar-refractivity contribution in [1.82, 2.24) is 5.32 Å². The lowest BCUT2D eigenvalue weighted by Gasteiger charge is -2.29. The third-order valence-corrected chi connectivity index (χ3v) is 7.19. The second-order valence-electron chi connectivity index (χ2n) is 5.85. The van der Waals surface area contributed by atoms with E-state index in [0.717, 1.165) is 4.90 Å². The van der Waals surface area contributed by atoms with E-state index < -0.39 is 50.4 Å². The summed E-state index contributed by atoms with van der Waals surface area (Å²) in [4.78, 5) is 26.1. The lowest BCUT2D eigenvalue weighted by atomic mass is 10.1. The lowest BCUT2D eigenvalue weighted by Crippen LogP contribution is -2.42. The first-order valence-electron chi connectivity index (χ1n) is 8.21. The quantitative estimate of drug-likeness (QED) is 0.146. The predicted molar refractivity (Wildman–Crippen MR) is 128 cm³/mol. The molecule has 0 saturated carbocycles.